The van der Waals surface area contributed by atoms with Crippen LogP contribution < -0.4 is 10.1 Å². The van der Waals surface area contributed by atoms with Crippen LogP contribution in [0.2, 0.25) is 0 Å². The quantitative estimate of drug-likeness (QED) is 0.753. The highest BCUT2D eigenvalue weighted by Crippen LogP contribution is 2.24. The van der Waals surface area contributed by atoms with Crippen LogP contribution in [-0.2, 0) is 10.2 Å². The SMILES string of the molecule is CCC(C)c1ccc(NC(=O)COc2ccc(C(C)(C)C)cc2)cc1. The number of rotatable bonds is 6. The largest absolute Gasteiger partial charge is 0.484 e. The molecular formula is C22H29NO2. The fraction of sp³-hybridized carbons (Fsp3) is 0.409. The van der Waals surface area contributed by atoms with Gasteiger partial charge >= 0.3 is 0 Å². The molecule has 134 valence electrons. The summed E-state index contributed by atoms with van der Waals surface area (Å²) in [5, 5.41) is 2.87. The van der Waals surface area contributed by atoms with Gasteiger partial charge in [-0.25, -0.2) is 0 Å². The fourth-order valence-corrected chi connectivity index (χ4v) is 2.53. The molecule has 1 N–H and O–H groups in total. The zero-order valence-corrected chi connectivity index (χ0v) is 15.9. The first kappa shape index (κ1) is 19.0. The molecule has 2 rings (SSSR count). The maximum Gasteiger partial charge on any atom is 0.262 e. The lowest BCUT2D eigenvalue weighted by molar-refractivity contribution is -0.118. The number of hydrogen-bond acceptors (Lipinski definition) is 2. The minimum absolute atomic E-state index is 0.00196. The Morgan fingerprint density at radius 2 is 1.64 bits per heavy atom. The van der Waals surface area contributed by atoms with Crippen LogP contribution in [0.3, 0.4) is 0 Å². The van der Waals surface area contributed by atoms with Crippen molar-refractivity contribution in [1.29, 1.82) is 0 Å². The van der Waals surface area contributed by atoms with E-state index < -0.39 is 0 Å². The van der Waals surface area contributed by atoms with E-state index in [1.807, 2.05) is 36.4 Å². The van der Waals surface area contributed by atoms with E-state index in [4.69, 9.17) is 4.74 Å². The smallest absolute Gasteiger partial charge is 0.262 e. The Hall–Kier alpha value is -2.29. The molecule has 0 aliphatic heterocycles. The fourth-order valence-electron chi connectivity index (χ4n) is 2.53. The first-order valence-corrected chi connectivity index (χ1v) is 8.92. The summed E-state index contributed by atoms with van der Waals surface area (Å²) >= 11 is 0. The second-order valence-electron chi connectivity index (χ2n) is 7.54. The van der Waals surface area contributed by atoms with Crippen LogP contribution in [0, 0.1) is 0 Å². The van der Waals surface area contributed by atoms with Crippen molar-refractivity contribution in [2.75, 3.05) is 11.9 Å². The van der Waals surface area contributed by atoms with Crippen LogP contribution in [0.25, 0.3) is 0 Å². The number of nitrogens with one attached hydrogen (secondary N) is 1. The van der Waals surface area contributed by atoms with Gasteiger partial charge in [0.25, 0.3) is 5.91 Å². The minimum atomic E-state index is -0.156. The Morgan fingerprint density at radius 3 is 2.16 bits per heavy atom. The molecule has 0 bridgehead atoms. The number of amides is 1. The first-order chi connectivity index (χ1) is 11.8. The third-order valence-corrected chi connectivity index (χ3v) is 4.47. The lowest BCUT2D eigenvalue weighted by atomic mass is 9.87. The van der Waals surface area contributed by atoms with Crippen molar-refractivity contribution in [3.63, 3.8) is 0 Å². The van der Waals surface area contributed by atoms with Crippen molar-refractivity contribution in [1.82, 2.24) is 0 Å². The lowest BCUT2D eigenvalue weighted by Crippen LogP contribution is -2.20. The van der Waals surface area contributed by atoms with E-state index >= 15 is 0 Å². The third-order valence-electron chi connectivity index (χ3n) is 4.47. The van der Waals surface area contributed by atoms with E-state index in [9.17, 15) is 4.79 Å². The molecule has 2 aromatic carbocycles. The highest BCUT2D eigenvalue weighted by atomic mass is 16.5. The van der Waals surface area contributed by atoms with E-state index in [0.29, 0.717) is 11.7 Å². The van der Waals surface area contributed by atoms with E-state index in [1.165, 1.54) is 11.1 Å². The Balaban J connectivity index is 1.86. The number of anilines is 1. The molecule has 0 fully saturated rings. The van der Waals surface area contributed by atoms with Gasteiger partial charge in [-0.3, -0.25) is 4.79 Å². The monoisotopic (exact) mass is 339 g/mol. The van der Waals surface area contributed by atoms with E-state index in [2.05, 4.69) is 52.1 Å². The summed E-state index contributed by atoms with van der Waals surface area (Å²) in [5.74, 6) is 1.08. The molecule has 3 nitrogen and oxygen atoms in total. The molecule has 0 saturated carbocycles. The topological polar surface area (TPSA) is 38.3 Å². The van der Waals surface area contributed by atoms with Crippen molar-refractivity contribution in [3.8, 4) is 5.75 Å². The van der Waals surface area contributed by atoms with Crippen LogP contribution in [0.5, 0.6) is 5.75 Å². The summed E-state index contributed by atoms with van der Waals surface area (Å²) in [5.41, 5.74) is 3.43. The van der Waals surface area contributed by atoms with Crippen LogP contribution in [0.1, 0.15) is 58.1 Å². The Bertz CT molecular complexity index is 681. The summed E-state index contributed by atoms with van der Waals surface area (Å²) < 4.78 is 5.57. The Labute approximate surface area is 151 Å². The van der Waals surface area contributed by atoms with Crippen molar-refractivity contribution < 1.29 is 9.53 Å². The van der Waals surface area contributed by atoms with Crippen LogP contribution in [0.4, 0.5) is 5.69 Å². The van der Waals surface area contributed by atoms with Crippen LogP contribution in [0.15, 0.2) is 48.5 Å². The number of carbonyl (C=O) groups is 1. The van der Waals surface area contributed by atoms with Crippen LogP contribution in [-0.4, -0.2) is 12.5 Å². The molecule has 1 unspecified atom stereocenters. The normalized spacial score (nSPS) is 12.5. The van der Waals surface area contributed by atoms with Gasteiger partial charge in [-0.05, 0) is 53.1 Å². The Kier molecular flexibility index (Phi) is 6.24. The highest BCUT2D eigenvalue weighted by Gasteiger charge is 2.13. The molecule has 0 heterocycles. The highest BCUT2D eigenvalue weighted by molar-refractivity contribution is 5.91. The first-order valence-electron chi connectivity index (χ1n) is 8.92. The molecule has 0 spiro atoms. The summed E-state index contributed by atoms with van der Waals surface area (Å²) in [6.45, 7) is 10.9. The molecule has 0 saturated heterocycles. The van der Waals surface area contributed by atoms with Gasteiger partial charge in [-0.2, -0.15) is 0 Å². The summed E-state index contributed by atoms with van der Waals surface area (Å²) in [6, 6.07) is 15.9. The van der Waals surface area contributed by atoms with Gasteiger partial charge in [-0.15, -0.1) is 0 Å². The molecular weight excluding hydrogens is 310 g/mol. The summed E-state index contributed by atoms with van der Waals surface area (Å²) in [6.07, 6.45) is 1.10. The molecule has 3 heteroatoms. The van der Waals surface area contributed by atoms with Gasteiger partial charge in [0.1, 0.15) is 5.75 Å². The van der Waals surface area contributed by atoms with Crippen molar-refractivity contribution in [2.45, 2.75) is 52.4 Å². The van der Waals surface area contributed by atoms with E-state index in [1.54, 1.807) is 0 Å². The van der Waals surface area contributed by atoms with Gasteiger partial charge in [0.15, 0.2) is 6.61 Å². The maximum absolute atomic E-state index is 12.1. The minimum Gasteiger partial charge on any atom is -0.484 e. The Morgan fingerprint density at radius 1 is 1.04 bits per heavy atom. The van der Waals surface area contributed by atoms with Gasteiger partial charge in [0.05, 0.1) is 0 Å². The van der Waals surface area contributed by atoms with E-state index in [0.717, 1.165) is 12.1 Å². The molecule has 2 aromatic rings. The predicted octanol–water partition coefficient (Wildman–Crippen LogP) is 5.52. The van der Waals surface area contributed by atoms with Gasteiger partial charge in [0, 0.05) is 5.69 Å². The standard InChI is InChI=1S/C22H29NO2/c1-6-16(2)17-7-11-19(12-8-17)23-21(24)15-25-20-13-9-18(10-14-20)22(3,4)5/h7-14,16H,6,15H2,1-5H3,(H,23,24). The van der Waals surface area contributed by atoms with Crippen molar-refractivity contribution in [2.24, 2.45) is 0 Å². The molecule has 0 aliphatic rings. The molecule has 0 aliphatic carbocycles. The second-order valence-corrected chi connectivity index (χ2v) is 7.54. The number of carbonyl (C=O) groups excluding carboxylic acids is 1. The maximum atomic E-state index is 12.1. The van der Waals surface area contributed by atoms with Crippen LogP contribution >= 0.6 is 0 Å². The number of ether oxygens (including phenoxy) is 1. The molecule has 1 atom stereocenters. The summed E-state index contributed by atoms with van der Waals surface area (Å²) in [7, 11) is 0. The number of hydrogen-bond donors (Lipinski definition) is 1. The molecule has 25 heavy (non-hydrogen) atoms. The third kappa shape index (κ3) is 5.63. The molecule has 0 radical (unpaired) electrons. The predicted molar refractivity (Wildman–Crippen MR) is 104 cm³/mol. The van der Waals surface area contributed by atoms with Gasteiger partial charge in [-0.1, -0.05) is 58.9 Å². The molecule has 0 aromatic heterocycles. The number of benzene rings is 2. The molecule has 1 amide bonds. The van der Waals surface area contributed by atoms with Crippen molar-refractivity contribution in [3.05, 3.63) is 59.7 Å². The van der Waals surface area contributed by atoms with E-state index in [-0.39, 0.29) is 17.9 Å². The van der Waals surface area contributed by atoms with Crippen molar-refractivity contribution >= 4 is 11.6 Å². The lowest BCUT2D eigenvalue weighted by Gasteiger charge is -2.19. The zero-order valence-electron chi connectivity index (χ0n) is 15.9. The average Bonchev–Trinajstić information content (AvgIpc) is 2.59. The average molecular weight is 339 g/mol. The summed E-state index contributed by atoms with van der Waals surface area (Å²) in [4.78, 5) is 12.1. The van der Waals surface area contributed by atoms with Gasteiger partial charge in [0.2, 0.25) is 0 Å². The van der Waals surface area contributed by atoms with Gasteiger partial charge < -0.3 is 10.1 Å². The second kappa shape index (κ2) is 8.19. The zero-order chi connectivity index (χ0) is 18.4.